The van der Waals surface area contributed by atoms with Crippen LogP contribution in [-0.2, 0) is 0 Å². The van der Waals surface area contributed by atoms with Crippen molar-refractivity contribution in [2.45, 2.75) is 0 Å². The molecule has 0 aliphatic rings. The predicted molar refractivity (Wildman–Crippen MR) is 218 cm³/mol. The molecular formula is C48H33N3. The first-order valence-corrected chi connectivity index (χ1v) is 17.3. The van der Waals surface area contributed by atoms with Crippen LogP contribution in [0, 0.1) is 0 Å². The van der Waals surface area contributed by atoms with Crippen molar-refractivity contribution in [3.63, 3.8) is 0 Å². The van der Waals surface area contributed by atoms with Crippen molar-refractivity contribution in [2.75, 3.05) is 5.32 Å². The molecule has 7 aromatic carbocycles. The van der Waals surface area contributed by atoms with Gasteiger partial charge in [0.05, 0.1) is 27.4 Å². The lowest BCUT2D eigenvalue weighted by molar-refractivity contribution is 1.18. The Morgan fingerprint density at radius 2 is 1.08 bits per heavy atom. The second-order valence-electron chi connectivity index (χ2n) is 13.2. The molecule has 0 aliphatic heterocycles. The van der Waals surface area contributed by atoms with Crippen molar-refractivity contribution in [2.24, 2.45) is 0 Å². The average molecular weight is 652 g/mol. The fourth-order valence-corrected chi connectivity index (χ4v) is 7.97. The Labute approximate surface area is 295 Å². The van der Waals surface area contributed by atoms with E-state index in [9.17, 15) is 0 Å². The first kappa shape index (κ1) is 29.1. The van der Waals surface area contributed by atoms with Gasteiger partial charge in [-0.15, -0.1) is 0 Å². The van der Waals surface area contributed by atoms with E-state index in [0.717, 1.165) is 21.9 Å². The van der Waals surface area contributed by atoms with E-state index in [4.69, 9.17) is 0 Å². The monoisotopic (exact) mass is 651 g/mol. The third-order valence-electron chi connectivity index (χ3n) is 10.4. The third-order valence-corrected chi connectivity index (χ3v) is 10.4. The van der Waals surface area contributed by atoms with Gasteiger partial charge in [0.2, 0.25) is 0 Å². The van der Waals surface area contributed by atoms with E-state index < -0.39 is 0 Å². The summed E-state index contributed by atoms with van der Waals surface area (Å²) in [5, 5.41) is 11.9. The van der Waals surface area contributed by atoms with Crippen LogP contribution < -0.4 is 15.9 Å². The summed E-state index contributed by atoms with van der Waals surface area (Å²) in [5.41, 5.74) is 12.9. The van der Waals surface area contributed by atoms with Crippen molar-refractivity contribution >= 4 is 73.0 Å². The Bertz CT molecular complexity index is 3050. The normalized spacial score (nSPS) is 12.2. The molecule has 3 heteroatoms. The van der Waals surface area contributed by atoms with Crippen molar-refractivity contribution < 1.29 is 0 Å². The smallest absolute Gasteiger partial charge is 0.0620 e. The van der Waals surface area contributed by atoms with Crippen LogP contribution in [0.1, 0.15) is 0 Å². The Balaban J connectivity index is 0.936. The van der Waals surface area contributed by atoms with Gasteiger partial charge in [0, 0.05) is 49.2 Å². The summed E-state index contributed by atoms with van der Waals surface area (Å²) < 4.78 is 4.70. The minimum Gasteiger partial charge on any atom is -0.356 e. The van der Waals surface area contributed by atoms with Gasteiger partial charge < -0.3 is 14.3 Å². The predicted octanol–water partition coefficient (Wildman–Crippen LogP) is 11.2. The molecule has 0 saturated heterocycles. The van der Waals surface area contributed by atoms with Gasteiger partial charge in [-0.25, -0.2) is 0 Å². The van der Waals surface area contributed by atoms with Gasteiger partial charge in [0.25, 0.3) is 0 Å². The SMILES string of the molecule is C=CC=c1c(=C)c2cccc3c4cc(-c5ccc(Nc6ccc(-c7ccc8c9ccccc9n(-c9ccccc9)c8c7)cc6)cc5)ccc4n1c23. The summed E-state index contributed by atoms with van der Waals surface area (Å²) in [4.78, 5) is 0. The fourth-order valence-electron chi connectivity index (χ4n) is 7.97. The zero-order chi connectivity index (χ0) is 34.1. The lowest BCUT2D eigenvalue weighted by Crippen LogP contribution is -2.23. The third kappa shape index (κ3) is 4.52. The Hall–Kier alpha value is -6.84. The maximum atomic E-state index is 4.38. The zero-order valence-electron chi connectivity index (χ0n) is 28.0. The minimum absolute atomic E-state index is 1.05. The molecule has 0 saturated carbocycles. The molecule has 0 unspecified atom stereocenters. The molecule has 0 aliphatic carbocycles. The van der Waals surface area contributed by atoms with Gasteiger partial charge in [0.15, 0.2) is 0 Å². The molecule has 0 bridgehead atoms. The second kappa shape index (κ2) is 11.4. The quantitative estimate of drug-likeness (QED) is 0.190. The summed E-state index contributed by atoms with van der Waals surface area (Å²) in [6, 6.07) is 56.8. The van der Waals surface area contributed by atoms with Crippen LogP contribution in [0.3, 0.4) is 0 Å². The highest BCUT2D eigenvalue weighted by molar-refractivity contribution is 6.15. The van der Waals surface area contributed by atoms with E-state index in [0.29, 0.717) is 0 Å². The summed E-state index contributed by atoms with van der Waals surface area (Å²) in [7, 11) is 0. The molecular weight excluding hydrogens is 619 g/mol. The average Bonchev–Trinajstić information content (AvgIpc) is 3.80. The lowest BCUT2D eigenvalue weighted by Gasteiger charge is -2.11. The van der Waals surface area contributed by atoms with E-state index in [1.807, 2.05) is 6.08 Å². The van der Waals surface area contributed by atoms with Crippen LogP contribution in [0.15, 0.2) is 170 Å². The van der Waals surface area contributed by atoms with Crippen LogP contribution in [0.5, 0.6) is 0 Å². The summed E-state index contributed by atoms with van der Waals surface area (Å²) in [5.74, 6) is 0. The molecule has 1 N–H and O–H groups in total. The van der Waals surface area contributed by atoms with Crippen LogP contribution in [0.25, 0.3) is 89.6 Å². The van der Waals surface area contributed by atoms with E-state index in [2.05, 4.69) is 191 Å². The molecule has 0 radical (unpaired) electrons. The number of para-hydroxylation sites is 3. The van der Waals surface area contributed by atoms with Crippen molar-refractivity contribution in [3.05, 3.63) is 181 Å². The number of nitrogens with one attached hydrogen (secondary N) is 1. The number of fused-ring (bicyclic) bond motifs is 6. The first-order valence-electron chi connectivity index (χ1n) is 17.3. The van der Waals surface area contributed by atoms with Gasteiger partial charge in [-0.1, -0.05) is 116 Å². The first-order chi connectivity index (χ1) is 25.2. The van der Waals surface area contributed by atoms with Gasteiger partial charge in [-0.2, -0.15) is 0 Å². The molecule has 3 nitrogen and oxygen atoms in total. The number of rotatable bonds is 6. The van der Waals surface area contributed by atoms with Crippen molar-refractivity contribution in [1.82, 2.24) is 8.97 Å². The largest absolute Gasteiger partial charge is 0.356 e. The summed E-state index contributed by atoms with van der Waals surface area (Å²) in [6.45, 7) is 8.32. The molecule has 10 aromatic rings. The number of hydrogen-bond acceptors (Lipinski definition) is 1. The van der Waals surface area contributed by atoms with E-state index in [-0.39, 0.29) is 0 Å². The molecule has 3 heterocycles. The fraction of sp³-hybridized carbons (Fsp3) is 0. The Kier molecular flexibility index (Phi) is 6.49. The second-order valence-corrected chi connectivity index (χ2v) is 13.2. The van der Waals surface area contributed by atoms with Crippen LogP contribution in [0.2, 0.25) is 0 Å². The van der Waals surface area contributed by atoms with Crippen LogP contribution in [0.4, 0.5) is 11.4 Å². The minimum atomic E-state index is 1.05. The van der Waals surface area contributed by atoms with Crippen molar-refractivity contribution in [1.29, 1.82) is 0 Å². The Morgan fingerprint density at radius 3 is 1.82 bits per heavy atom. The van der Waals surface area contributed by atoms with E-state index >= 15 is 0 Å². The number of allylic oxidation sites excluding steroid dienone is 1. The summed E-state index contributed by atoms with van der Waals surface area (Å²) >= 11 is 0. The maximum absolute atomic E-state index is 4.38. The highest BCUT2D eigenvalue weighted by Gasteiger charge is 2.16. The molecule has 0 spiro atoms. The Morgan fingerprint density at radius 1 is 0.471 bits per heavy atom. The highest BCUT2D eigenvalue weighted by atomic mass is 15.0. The van der Waals surface area contributed by atoms with Gasteiger partial charge in [-0.05, 0) is 89.0 Å². The molecule has 51 heavy (non-hydrogen) atoms. The molecule has 0 fully saturated rings. The zero-order valence-corrected chi connectivity index (χ0v) is 28.0. The van der Waals surface area contributed by atoms with E-state index in [1.165, 1.54) is 76.9 Å². The number of nitrogens with zero attached hydrogens (tertiary/aromatic N) is 2. The number of hydrogen-bond donors (Lipinski definition) is 1. The van der Waals surface area contributed by atoms with Crippen LogP contribution in [-0.4, -0.2) is 8.97 Å². The molecule has 0 amide bonds. The maximum Gasteiger partial charge on any atom is 0.0620 e. The highest BCUT2D eigenvalue weighted by Crippen LogP contribution is 2.36. The van der Waals surface area contributed by atoms with Crippen LogP contribution >= 0.6 is 0 Å². The molecule has 10 rings (SSSR count). The van der Waals surface area contributed by atoms with Crippen molar-refractivity contribution in [3.8, 4) is 27.9 Å². The topological polar surface area (TPSA) is 21.4 Å². The number of anilines is 2. The molecule has 240 valence electrons. The van der Waals surface area contributed by atoms with Gasteiger partial charge >= 0.3 is 0 Å². The standard InChI is InChI=1S/C48H33N3/c1-3-10-44-31(2)39-14-9-15-42-43-29-34(22-28-46(43)51(44)48(39)42)32-17-23-36(24-18-32)49-37-25-19-33(20-26-37)35-21-27-41-40-13-7-8-16-45(40)50(47(41)30-35)38-11-5-4-6-12-38/h3-30,49H,1-2H2. The van der Waals surface area contributed by atoms with Gasteiger partial charge in [-0.3, -0.25) is 0 Å². The van der Waals surface area contributed by atoms with Gasteiger partial charge in [0.1, 0.15) is 0 Å². The molecule has 3 aromatic heterocycles. The number of benzene rings is 7. The number of aromatic nitrogens is 2. The summed E-state index contributed by atoms with van der Waals surface area (Å²) in [6.07, 6.45) is 3.90. The van der Waals surface area contributed by atoms with E-state index in [1.54, 1.807) is 0 Å². The lowest BCUT2D eigenvalue weighted by atomic mass is 10.0. The molecule has 0 atom stereocenters.